The van der Waals surface area contributed by atoms with Crippen molar-refractivity contribution in [2.24, 2.45) is 0 Å². The molecule has 0 aliphatic carbocycles. The number of benzene rings is 2. The van der Waals surface area contributed by atoms with Crippen molar-refractivity contribution in [2.45, 2.75) is 20.8 Å². The summed E-state index contributed by atoms with van der Waals surface area (Å²) in [5.41, 5.74) is 4.90. The lowest BCUT2D eigenvalue weighted by molar-refractivity contribution is 0.0977. The van der Waals surface area contributed by atoms with Crippen LogP contribution in [0.3, 0.4) is 0 Å². The number of carbonyl (C=O) groups excluding carboxylic acids is 1. The fraction of sp³-hybridized carbons (Fsp3) is 0.176. The molecule has 2 N–H and O–H groups in total. The van der Waals surface area contributed by atoms with Crippen LogP contribution in [0.5, 0.6) is 0 Å². The molecule has 3 nitrogen and oxygen atoms in total. The van der Waals surface area contributed by atoms with Crippen molar-refractivity contribution in [3.8, 4) is 0 Å². The normalized spacial score (nSPS) is 10.0. The molecule has 0 spiro atoms. The standard InChI is InChI=1S/C17H18N2OS/c1-11-7-9-14(10-8-11)16(20)19-17(21)18-15-6-4-5-12(2)13(15)3/h4-10H,1-3H3,(H2,18,19,20,21). The molecule has 0 bridgehead atoms. The van der Waals surface area contributed by atoms with Crippen molar-refractivity contribution in [3.63, 3.8) is 0 Å². The molecule has 0 saturated carbocycles. The van der Waals surface area contributed by atoms with Crippen LogP contribution in [-0.4, -0.2) is 11.0 Å². The molecular weight excluding hydrogens is 280 g/mol. The molecule has 0 atom stereocenters. The van der Waals surface area contributed by atoms with Crippen molar-refractivity contribution in [1.82, 2.24) is 5.32 Å². The van der Waals surface area contributed by atoms with E-state index in [0.29, 0.717) is 10.7 Å². The number of anilines is 1. The second-order valence-electron chi connectivity index (χ2n) is 5.02. The third kappa shape index (κ3) is 3.89. The van der Waals surface area contributed by atoms with E-state index in [1.165, 1.54) is 5.56 Å². The molecule has 2 aromatic carbocycles. The van der Waals surface area contributed by atoms with Crippen LogP contribution >= 0.6 is 12.2 Å². The Morgan fingerprint density at radius 1 is 1.00 bits per heavy atom. The average molecular weight is 298 g/mol. The molecular formula is C17H18N2OS. The van der Waals surface area contributed by atoms with Gasteiger partial charge in [0.15, 0.2) is 5.11 Å². The summed E-state index contributed by atoms with van der Waals surface area (Å²) < 4.78 is 0. The summed E-state index contributed by atoms with van der Waals surface area (Å²) in [5.74, 6) is -0.210. The Labute approximate surface area is 130 Å². The van der Waals surface area contributed by atoms with E-state index in [4.69, 9.17) is 12.2 Å². The van der Waals surface area contributed by atoms with Crippen molar-refractivity contribution in [3.05, 3.63) is 64.7 Å². The molecule has 0 aliphatic heterocycles. The van der Waals surface area contributed by atoms with Gasteiger partial charge in [0.1, 0.15) is 0 Å². The predicted octanol–water partition coefficient (Wildman–Crippen LogP) is 3.74. The number of aryl methyl sites for hydroxylation is 2. The van der Waals surface area contributed by atoms with Crippen LogP contribution in [0, 0.1) is 20.8 Å². The Kier molecular flexibility index (Phi) is 4.70. The van der Waals surface area contributed by atoms with E-state index in [2.05, 4.69) is 10.6 Å². The first-order chi connectivity index (χ1) is 9.97. The molecule has 0 aromatic heterocycles. The number of amides is 1. The van der Waals surface area contributed by atoms with Gasteiger partial charge in [0.05, 0.1) is 0 Å². The minimum Gasteiger partial charge on any atom is -0.332 e. The molecule has 0 aliphatic rings. The fourth-order valence-electron chi connectivity index (χ4n) is 1.92. The lowest BCUT2D eigenvalue weighted by atomic mass is 10.1. The summed E-state index contributed by atoms with van der Waals surface area (Å²) in [6.45, 7) is 6.03. The fourth-order valence-corrected chi connectivity index (χ4v) is 2.12. The quantitative estimate of drug-likeness (QED) is 0.830. The topological polar surface area (TPSA) is 41.1 Å². The minimum atomic E-state index is -0.210. The van der Waals surface area contributed by atoms with Crippen LogP contribution in [0.15, 0.2) is 42.5 Å². The first-order valence-corrected chi connectivity index (χ1v) is 7.13. The lowest BCUT2D eigenvalue weighted by Gasteiger charge is -2.13. The van der Waals surface area contributed by atoms with E-state index in [1.54, 1.807) is 12.1 Å². The van der Waals surface area contributed by atoms with Gasteiger partial charge in [-0.1, -0.05) is 29.8 Å². The van der Waals surface area contributed by atoms with Crippen LogP contribution in [0.4, 0.5) is 5.69 Å². The highest BCUT2D eigenvalue weighted by molar-refractivity contribution is 7.80. The summed E-state index contributed by atoms with van der Waals surface area (Å²) in [5, 5.41) is 6.06. The number of hydrogen-bond donors (Lipinski definition) is 2. The van der Waals surface area contributed by atoms with Gasteiger partial charge in [-0.05, 0) is 62.3 Å². The molecule has 21 heavy (non-hydrogen) atoms. The molecule has 1 amide bonds. The Morgan fingerprint density at radius 3 is 2.33 bits per heavy atom. The molecule has 0 unspecified atom stereocenters. The Balaban J connectivity index is 2.03. The first-order valence-electron chi connectivity index (χ1n) is 6.72. The second kappa shape index (κ2) is 6.50. The molecule has 2 rings (SSSR count). The molecule has 0 saturated heterocycles. The van der Waals surface area contributed by atoms with Crippen LogP contribution in [-0.2, 0) is 0 Å². The van der Waals surface area contributed by atoms with E-state index in [0.717, 1.165) is 16.8 Å². The summed E-state index contributed by atoms with van der Waals surface area (Å²) >= 11 is 5.20. The van der Waals surface area contributed by atoms with Crippen molar-refractivity contribution >= 4 is 28.9 Å². The molecule has 4 heteroatoms. The van der Waals surface area contributed by atoms with Gasteiger partial charge in [-0.2, -0.15) is 0 Å². The Hall–Kier alpha value is -2.20. The molecule has 0 fully saturated rings. The summed E-state index contributed by atoms with van der Waals surface area (Å²) in [6.07, 6.45) is 0. The van der Waals surface area contributed by atoms with Crippen molar-refractivity contribution in [1.29, 1.82) is 0 Å². The van der Waals surface area contributed by atoms with Gasteiger partial charge in [-0.25, -0.2) is 0 Å². The zero-order valence-electron chi connectivity index (χ0n) is 12.4. The van der Waals surface area contributed by atoms with Gasteiger partial charge in [0, 0.05) is 11.3 Å². The third-order valence-electron chi connectivity index (χ3n) is 3.39. The largest absolute Gasteiger partial charge is 0.332 e. The van der Waals surface area contributed by atoms with Gasteiger partial charge in [-0.15, -0.1) is 0 Å². The van der Waals surface area contributed by atoms with Crippen molar-refractivity contribution in [2.75, 3.05) is 5.32 Å². The van der Waals surface area contributed by atoms with E-state index in [9.17, 15) is 4.79 Å². The smallest absolute Gasteiger partial charge is 0.257 e. The second-order valence-corrected chi connectivity index (χ2v) is 5.43. The molecule has 2 aromatic rings. The molecule has 108 valence electrons. The Bertz CT molecular complexity index is 678. The van der Waals surface area contributed by atoms with E-state index in [-0.39, 0.29) is 5.91 Å². The molecule has 0 radical (unpaired) electrons. The lowest BCUT2D eigenvalue weighted by Crippen LogP contribution is -2.34. The van der Waals surface area contributed by atoms with E-state index < -0.39 is 0 Å². The summed E-state index contributed by atoms with van der Waals surface area (Å²) in [4.78, 5) is 12.1. The van der Waals surface area contributed by atoms with E-state index >= 15 is 0 Å². The van der Waals surface area contributed by atoms with Crippen LogP contribution in [0.1, 0.15) is 27.0 Å². The Morgan fingerprint density at radius 2 is 1.67 bits per heavy atom. The highest BCUT2D eigenvalue weighted by Gasteiger charge is 2.08. The average Bonchev–Trinajstić information content (AvgIpc) is 2.44. The molecule has 0 heterocycles. The first kappa shape index (κ1) is 15.2. The number of hydrogen-bond acceptors (Lipinski definition) is 2. The zero-order valence-corrected chi connectivity index (χ0v) is 13.2. The SMILES string of the molecule is Cc1ccc(C(=O)NC(=S)Nc2cccc(C)c2C)cc1. The highest BCUT2D eigenvalue weighted by atomic mass is 32.1. The summed E-state index contributed by atoms with van der Waals surface area (Å²) in [7, 11) is 0. The maximum atomic E-state index is 12.1. The monoisotopic (exact) mass is 298 g/mol. The number of thiocarbonyl (C=S) groups is 1. The van der Waals surface area contributed by atoms with Gasteiger partial charge >= 0.3 is 0 Å². The maximum Gasteiger partial charge on any atom is 0.257 e. The maximum absolute atomic E-state index is 12.1. The number of carbonyl (C=O) groups is 1. The number of nitrogens with one attached hydrogen (secondary N) is 2. The van der Waals surface area contributed by atoms with E-state index in [1.807, 2.05) is 51.1 Å². The van der Waals surface area contributed by atoms with Gasteiger partial charge in [-0.3, -0.25) is 10.1 Å². The van der Waals surface area contributed by atoms with Crippen LogP contribution < -0.4 is 10.6 Å². The van der Waals surface area contributed by atoms with Gasteiger partial charge in [0.25, 0.3) is 5.91 Å². The van der Waals surface area contributed by atoms with Gasteiger partial charge in [0.2, 0.25) is 0 Å². The number of rotatable bonds is 2. The summed E-state index contributed by atoms with van der Waals surface area (Å²) in [6, 6.07) is 13.3. The van der Waals surface area contributed by atoms with Crippen LogP contribution in [0.25, 0.3) is 0 Å². The minimum absolute atomic E-state index is 0.210. The third-order valence-corrected chi connectivity index (χ3v) is 3.60. The van der Waals surface area contributed by atoms with Crippen molar-refractivity contribution < 1.29 is 4.79 Å². The zero-order chi connectivity index (χ0) is 15.4. The van der Waals surface area contributed by atoms with Gasteiger partial charge < -0.3 is 5.32 Å². The predicted molar refractivity (Wildman–Crippen MR) is 90.8 cm³/mol. The highest BCUT2D eigenvalue weighted by Crippen LogP contribution is 2.17. The van der Waals surface area contributed by atoms with Crippen LogP contribution in [0.2, 0.25) is 0 Å².